The summed E-state index contributed by atoms with van der Waals surface area (Å²) >= 11 is 8.36. The number of nitrogens with zero attached hydrogens (tertiary/aromatic N) is 1. The van der Waals surface area contributed by atoms with Crippen LogP contribution in [0.2, 0.25) is 0 Å². The zero-order chi connectivity index (χ0) is 12.8. The third-order valence-electron chi connectivity index (χ3n) is 2.47. The van der Waals surface area contributed by atoms with Crippen LogP contribution in [-0.4, -0.2) is 15.0 Å². The van der Waals surface area contributed by atoms with E-state index in [1.807, 2.05) is 0 Å². The fourth-order valence-corrected chi connectivity index (χ4v) is 3.41. The number of hydrogen-bond donors (Lipinski definition) is 0. The van der Waals surface area contributed by atoms with Crippen LogP contribution >= 0.6 is 35.7 Å². The molecule has 4 heteroatoms. The lowest BCUT2D eigenvalue weighted by atomic mass is 10.1. The van der Waals surface area contributed by atoms with Gasteiger partial charge in [-0.25, -0.2) is 0 Å². The van der Waals surface area contributed by atoms with Gasteiger partial charge in [-0.05, 0) is 12.2 Å². The van der Waals surface area contributed by atoms with Gasteiger partial charge in [0, 0.05) is 0 Å². The van der Waals surface area contributed by atoms with E-state index in [0.29, 0.717) is 5.75 Å². The van der Waals surface area contributed by atoms with Gasteiger partial charge in [0.05, 0.1) is 11.8 Å². The SMILES string of the molecule is CCCCCCCCCCSC(=S)SCC#N. The van der Waals surface area contributed by atoms with Crippen LogP contribution in [0.5, 0.6) is 0 Å². The Balaban J connectivity index is 3.08. The molecule has 0 N–H and O–H groups in total. The van der Waals surface area contributed by atoms with Crippen molar-refractivity contribution in [2.24, 2.45) is 0 Å². The maximum atomic E-state index is 8.41. The predicted octanol–water partition coefficient (Wildman–Crippen LogP) is 5.40. The molecule has 0 unspecified atom stereocenters. The second-order valence-electron chi connectivity index (χ2n) is 4.02. The minimum Gasteiger partial charge on any atom is -0.197 e. The Labute approximate surface area is 120 Å². The van der Waals surface area contributed by atoms with Crippen LogP contribution < -0.4 is 0 Å². The fraction of sp³-hybridized carbons (Fsp3) is 0.846. The molecule has 0 fully saturated rings. The summed E-state index contributed by atoms with van der Waals surface area (Å²) in [6.45, 7) is 2.25. The zero-order valence-corrected chi connectivity index (χ0v) is 13.2. The van der Waals surface area contributed by atoms with E-state index in [1.54, 1.807) is 11.8 Å². The molecule has 0 saturated carbocycles. The summed E-state index contributed by atoms with van der Waals surface area (Å²) in [6, 6.07) is 2.10. The third kappa shape index (κ3) is 14.2. The number of thiocarbonyl (C=S) groups is 1. The van der Waals surface area contributed by atoms with Gasteiger partial charge < -0.3 is 0 Å². The van der Waals surface area contributed by atoms with E-state index in [4.69, 9.17) is 17.5 Å². The molecular formula is C13H23NS3. The van der Waals surface area contributed by atoms with Crippen molar-refractivity contribution < 1.29 is 0 Å². The monoisotopic (exact) mass is 289 g/mol. The smallest absolute Gasteiger partial charge is 0.105 e. The summed E-state index contributed by atoms with van der Waals surface area (Å²) in [5.74, 6) is 1.61. The number of rotatable bonds is 10. The van der Waals surface area contributed by atoms with Gasteiger partial charge in [-0.3, -0.25) is 0 Å². The molecule has 0 spiro atoms. The maximum absolute atomic E-state index is 8.41. The lowest BCUT2D eigenvalue weighted by Crippen LogP contribution is -1.87. The highest BCUT2D eigenvalue weighted by molar-refractivity contribution is 8.47. The fourth-order valence-electron chi connectivity index (χ4n) is 1.52. The quantitative estimate of drug-likeness (QED) is 0.397. The lowest BCUT2D eigenvalue weighted by molar-refractivity contribution is 0.586. The Morgan fingerprint density at radius 1 is 1.00 bits per heavy atom. The van der Waals surface area contributed by atoms with Crippen molar-refractivity contribution in [2.45, 2.75) is 58.3 Å². The van der Waals surface area contributed by atoms with E-state index < -0.39 is 0 Å². The topological polar surface area (TPSA) is 23.8 Å². The Hall–Kier alpha value is 0.280. The van der Waals surface area contributed by atoms with Gasteiger partial charge in [0.15, 0.2) is 0 Å². The molecule has 0 heterocycles. The summed E-state index contributed by atoms with van der Waals surface area (Å²) in [6.07, 6.45) is 10.9. The van der Waals surface area contributed by atoms with Gasteiger partial charge >= 0.3 is 0 Å². The predicted molar refractivity (Wildman–Crippen MR) is 85.7 cm³/mol. The van der Waals surface area contributed by atoms with E-state index in [9.17, 15) is 0 Å². The summed E-state index contributed by atoms with van der Waals surface area (Å²) in [5.41, 5.74) is 0. The lowest BCUT2D eigenvalue weighted by Gasteiger charge is -2.02. The van der Waals surface area contributed by atoms with Crippen LogP contribution in [0.1, 0.15) is 58.3 Å². The van der Waals surface area contributed by atoms with Crippen molar-refractivity contribution in [3.63, 3.8) is 0 Å². The molecule has 0 atom stereocenters. The average Bonchev–Trinajstić information content (AvgIpc) is 2.34. The Morgan fingerprint density at radius 2 is 1.59 bits per heavy atom. The van der Waals surface area contributed by atoms with Gasteiger partial charge in [0.25, 0.3) is 0 Å². The van der Waals surface area contributed by atoms with E-state index >= 15 is 0 Å². The normalized spacial score (nSPS) is 10.1. The van der Waals surface area contributed by atoms with E-state index in [1.165, 1.54) is 63.1 Å². The minimum absolute atomic E-state index is 0.489. The van der Waals surface area contributed by atoms with Crippen molar-refractivity contribution in [3.8, 4) is 6.07 Å². The zero-order valence-electron chi connectivity index (χ0n) is 10.7. The number of thioether (sulfide) groups is 2. The van der Waals surface area contributed by atoms with Crippen molar-refractivity contribution >= 4 is 39.3 Å². The summed E-state index contributed by atoms with van der Waals surface area (Å²) < 4.78 is 0.925. The van der Waals surface area contributed by atoms with Gasteiger partial charge in [0.1, 0.15) is 3.53 Å². The summed E-state index contributed by atoms with van der Waals surface area (Å²) in [7, 11) is 0. The van der Waals surface area contributed by atoms with Crippen molar-refractivity contribution in [1.29, 1.82) is 5.26 Å². The van der Waals surface area contributed by atoms with Crippen LogP contribution in [0.15, 0.2) is 0 Å². The molecule has 17 heavy (non-hydrogen) atoms. The first-order valence-corrected chi connectivity index (χ1v) is 8.85. The molecular weight excluding hydrogens is 266 g/mol. The number of hydrogen-bond acceptors (Lipinski definition) is 4. The Bertz CT molecular complexity index is 223. The van der Waals surface area contributed by atoms with E-state index in [0.717, 1.165) is 9.28 Å². The van der Waals surface area contributed by atoms with Crippen molar-refractivity contribution in [1.82, 2.24) is 0 Å². The summed E-state index contributed by atoms with van der Waals surface area (Å²) in [5, 5.41) is 8.41. The highest BCUT2D eigenvalue weighted by Crippen LogP contribution is 2.19. The Kier molecular flexibility index (Phi) is 14.6. The maximum Gasteiger partial charge on any atom is 0.105 e. The van der Waals surface area contributed by atoms with Gasteiger partial charge in [-0.15, -0.1) is 11.8 Å². The molecule has 98 valence electrons. The van der Waals surface area contributed by atoms with Gasteiger partial charge in [-0.2, -0.15) is 5.26 Å². The van der Waals surface area contributed by atoms with Crippen LogP contribution in [0.25, 0.3) is 0 Å². The first-order valence-electron chi connectivity index (χ1n) is 6.47. The van der Waals surface area contributed by atoms with E-state index in [-0.39, 0.29) is 0 Å². The largest absolute Gasteiger partial charge is 0.197 e. The van der Waals surface area contributed by atoms with Gasteiger partial charge in [-0.1, -0.05) is 75.8 Å². The first-order chi connectivity index (χ1) is 8.31. The molecule has 0 rings (SSSR count). The third-order valence-corrected chi connectivity index (χ3v) is 5.12. The Morgan fingerprint density at radius 3 is 2.18 bits per heavy atom. The van der Waals surface area contributed by atoms with Crippen LogP contribution in [0.3, 0.4) is 0 Å². The highest BCUT2D eigenvalue weighted by Gasteiger charge is 1.98. The molecule has 0 aromatic carbocycles. The van der Waals surface area contributed by atoms with Crippen molar-refractivity contribution in [3.05, 3.63) is 0 Å². The van der Waals surface area contributed by atoms with Crippen LogP contribution in [0, 0.1) is 11.3 Å². The molecule has 0 amide bonds. The minimum atomic E-state index is 0.489. The molecule has 0 aliphatic rings. The molecule has 0 aromatic heterocycles. The van der Waals surface area contributed by atoms with Gasteiger partial charge in [0.2, 0.25) is 0 Å². The van der Waals surface area contributed by atoms with Crippen LogP contribution in [-0.2, 0) is 0 Å². The van der Waals surface area contributed by atoms with E-state index in [2.05, 4.69) is 13.0 Å². The standard InChI is InChI=1S/C13H23NS3/c1-2-3-4-5-6-7-8-9-11-16-13(15)17-12-10-14/h2-9,11-12H2,1H3. The molecule has 0 radical (unpaired) electrons. The summed E-state index contributed by atoms with van der Waals surface area (Å²) in [4.78, 5) is 0. The molecule has 0 saturated heterocycles. The average molecular weight is 290 g/mol. The highest BCUT2D eigenvalue weighted by atomic mass is 32.2. The first kappa shape index (κ1) is 17.3. The molecule has 1 nitrogen and oxygen atoms in total. The number of unbranched alkanes of at least 4 members (excludes halogenated alkanes) is 7. The molecule has 0 aromatic rings. The van der Waals surface area contributed by atoms with Crippen molar-refractivity contribution in [2.75, 3.05) is 11.5 Å². The number of nitriles is 1. The second kappa shape index (κ2) is 14.3. The molecule has 0 aliphatic heterocycles. The molecule has 0 aliphatic carbocycles. The second-order valence-corrected chi connectivity index (χ2v) is 7.29. The van der Waals surface area contributed by atoms with Crippen LogP contribution in [0.4, 0.5) is 0 Å². The molecule has 0 bridgehead atoms.